The molecule has 0 unspecified atom stereocenters. The van der Waals surface area contributed by atoms with Gasteiger partial charge >= 0.3 is 0 Å². The second-order valence-corrected chi connectivity index (χ2v) is 7.20. The predicted molar refractivity (Wildman–Crippen MR) is 104 cm³/mol. The average molecular weight is 385 g/mol. The summed E-state index contributed by atoms with van der Waals surface area (Å²) in [4.78, 5) is 26.0. The Morgan fingerprint density at radius 1 is 1.07 bits per heavy atom. The van der Waals surface area contributed by atoms with Crippen LogP contribution in [0.4, 0.5) is 4.39 Å². The van der Waals surface area contributed by atoms with Crippen LogP contribution >= 0.6 is 0 Å². The van der Waals surface area contributed by atoms with Crippen LogP contribution < -0.4 is 15.0 Å². The maximum absolute atomic E-state index is 12.9. The van der Waals surface area contributed by atoms with Crippen LogP contribution in [0.25, 0.3) is 0 Å². The van der Waals surface area contributed by atoms with Crippen LogP contribution in [0.5, 0.6) is 5.75 Å². The van der Waals surface area contributed by atoms with Gasteiger partial charge in [-0.1, -0.05) is 12.1 Å². The van der Waals surface area contributed by atoms with Crippen LogP contribution in [0.3, 0.4) is 0 Å². The van der Waals surface area contributed by atoms with E-state index in [9.17, 15) is 14.0 Å². The van der Waals surface area contributed by atoms with Crippen molar-refractivity contribution in [2.75, 3.05) is 26.7 Å². The van der Waals surface area contributed by atoms with Gasteiger partial charge in [-0.25, -0.2) is 4.39 Å². The number of piperidine rings is 1. The zero-order valence-electron chi connectivity index (χ0n) is 16.0. The highest BCUT2D eigenvalue weighted by Gasteiger charge is 2.29. The van der Waals surface area contributed by atoms with Crippen LogP contribution in [-0.2, 0) is 11.3 Å². The molecule has 1 saturated heterocycles. The van der Waals surface area contributed by atoms with Crippen molar-refractivity contribution in [1.29, 1.82) is 0 Å². The lowest BCUT2D eigenvalue weighted by atomic mass is 9.89. The van der Waals surface area contributed by atoms with Crippen molar-refractivity contribution in [1.82, 2.24) is 5.32 Å². The lowest BCUT2D eigenvalue weighted by Gasteiger charge is -2.28. The average Bonchev–Trinajstić information content (AvgIpc) is 2.73. The van der Waals surface area contributed by atoms with E-state index >= 15 is 0 Å². The predicted octanol–water partition coefficient (Wildman–Crippen LogP) is 1.63. The van der Waals surface area contributed by atoms with E-state index in [2.05, 4.69) is 5.32 Å². The first kappa shape index (κ1) is 20.0. The van der Waals surface area contributed by atoms with Crippen molar-refractivity contribution < 1.29 is 23.6 Å². The van der Waals surface area contributed by atoms with Gasteiger partial charge in [-0.15, -0.1) is 0 Å². The Bertz CT molecular complexity index is 798. The summed E-state index contributed by atoms with van der Waals surface area (Å²) < 4.78 is 18.0. The summed E-state index contributed by atoms with van der Waals surface area (Å²) in [6.07, 6.45) is 1.57. The first-order valence-corrected chi connectivity index (χ1v) is 9.58. The Kier molecular flexibility index (Phi) is 6.76. The topological polar surface area (TPSA) is 59.8 Å². The number of benzene rings is 2. The Morgan fingerprint density at radius 3 is 2.32 bits per heavy atom. The number of halogens is 1. The number of likely N-dealkylation sites (tertiary alicyclic amines) is 1. The summed E-state index contributed by atoms with van der Waals surface area (Å²) in [5.74, 6) is 0.607. The van der Waals surface area contributed by atoms with Crippen molar-refractivity contribution in [2.24, 2.45) is 5.92 Å². The van der Waals surface area contributed by atoms with Gasteiger partial charge in [0.25, 0.3) is 5.91 Å². The number of ether oxygens (including phenoxy) is 1. The summed E-state index contributed by atoms with van der Waals surface area (Å²) in [6.45, 7) is 2.39. The largest absolute Gasteiger partial charge is 0.497 e. The molecule has 2 N–H and O–H groups in total. The van der Waals surface area contributed by atoms with Gasteiger partial charge in [-0.3, -0.25) is 9.59 Å². The maximum Gasteiger partial charge on any atom is 0.275 e. The quantitative estimate of drug-likeness (QED) is 0.713. The van der Waals surface area contributed by atoms with E-state index in [1.807, 2.05) is 12.1 Å². The van der Waals surface area contributed by atoms with E-state index < -0.39 is 0 Å². The fraction of sp³-hybridized carbons (Fsp3) is 0.364. The fourth-order valence-electron chi connectivity index (χ4n) is 3.55. The van der Waals surface area contributed by atoms with E-state index in [1.54, 1.807) is 31.4 Å². The molecule has 0 saturated carbocycles. The number of Topliss-reactive ketones (excluding diaryl/α,β-unsaturated/α-hetero) is 1. The summed E-state index contributed by atoms with van der Waals surface area (Å²) >= 11 is 0. The molecule has 5 nitrogen and oxygen atoms in total. The van der Waals surface area contributed by atoms with Gasteiger partial charge in [0, 0.05) is 30.9 Å². The number of methoxy groups -OCH3 is 1. The van der Waals surface area contributed by atoms with Crippen molar-refractivity contribution in [3.8, 4) is 5.75 Å². The lowest BCUT2D eigenvalue weighted by Crippen LogP contribution is -3.14. The minimum atomic E-state index is -0.286. The standard InChI is InChI=1S/C22H25FN2O3/c1-28-20-8-4-17(5-9-20)22(27)18-10-12-25(13-11-18)15-21(26)24-14-16-2-6-19(23)7-3-16/h2-9,18H,10-15H2,1H3,(H,24,26)/p+1. The maximum atomic E-state index is 12.9. The lowest BCUT2D eigenvalue weighted by molar-refractivity contribution is -0.897. The number of rotatable bonds is 7. The minimum Gasteiger partial charge on any atom is -0.497 e. The number of nitrogens with one attached hydrogen (secondary N) is 2. The second-order valence-electron chi connectivity index (χ2n) is 7.20. The molecular weight excluding hydrogens is 359 g/mol. The molecule has 0 aliphatic carbocycles. The third-order valence-electron chi connectivity index (χ3n) is 5.25. The molecule has 2 aromatic carbocycles. The molecule has 1 aliphatic rings. The number of hydrogen-bond donors (Lipinski definition) is 2. The molecule has 6 heteroatoms. The van der Waals surface area contributed by atoms with Gasteiger partial charge in [-0.05, 0) is 42.0 Å². The molecule has 1 amide bonds. The van der Waals surface area contributed by atoms with E-state index in [4.69, 9.17) is 4.74 Å². The highest BCUT2D eigenvalue weighted by atomic mass is 19.1. The molecule has 0 spiro atoms. The highest BCUT2D eigenvalue weighted by molar-refractivity contribution is 5.98. The Balaban J connectivity index is 1.42. The second kappa shape index (κ2) is 9.46. The van der Waals surface area contributed by atoms with Crippen LogP contribution in [-0.4, -0.2) is 38.4 Å². The van der Waals surface area contributed by atoms with Crippen molar-refractivity contribution in [3.05, 3.63) is 65.5 Å². The number of ketones is 1. The summed E-state index contributed by atoms with van der Waals surface area (Å²) in [5.41, 5.74) is 1.58. The molecule has 1 fully saturated rings. The monoisotopic (exact) mass is 385 g/mol. The zero-order valence-corrected chi connectivity index (χ0v) is 16.0. The first-order chi connectivity index (χ1) is 13.5. The van der Waals surface area contributed by atoms with Crippen LogP contribution in [0, 0.1) is 11.7 Å². The van der Waals surface area contributed by atoms with E-state index in [0.717, 1.165) is 37.2 Å². The van der Waals surface area contributed by atoms with Gasteiger partial charge in [0.05, 0.1) is 20.2 Å². The Morgan fingerprint density at radius 2 is 1.71 bits per heavy atom. The van der Waals surface area contributed by atoms with Crippen LogP contribution in [0.1, 0.15) is 28.8 Å². The normalized spacial score (nSPS) is 19.1. The van der Waals surface area contributed by atoms with Crippen molar-refractivity contribution in [2.45, 2.75) is 19.4 Å². The first-order valence-electron chi connectivity index (χ1n) is 9.58. The van der Waals surface area contributed by atoms with Gasteiger partial charge in [0.1, 0.15) is 11.6 Å². The third-order valence-corrected chi connectivity index (χ3v) is 5.25. The minimum absolute atomic E-state index is 0.0134. The summed E-state index contributed by atoms with van der Waals surface area (Å²) in [6, 6.07) is 13.3. The van der Waals surface area contributed by atoms with E-state index in [-0.39, 0.29) is 23.4 Å². The number of hydrogen-bond acceptors (Lipinski definition) is 3. The molecule has 1 aliphatic heterocycles. The van der Waals surface area contributed by atoms with Crippen molar-refractivity contribution >= 4 is 11.7 Å². The zero-order chi connectivity index (χ0) is 19.9. The van der Waals surface area contributed by atoms with E-state index in [1.165, 1.54) is 17.0 Å². The summed E-state index contributed by atoms with van der Waals surface area (Å²) in [7, 11) is 1.60. The molecule has 0 bridgehead atoms. The Hall–Kier alpha value is -2.73. The fourth-order valence-corrected chi connectivity index (χ4v) is 3.55. The number of amides is 1. The highest BCUT2D eigenvalue weighted by Crippen LogP contribution is 2.19. The molecule has 3 rings (SSSR count). The van der Waals surface area contributed by atoms with E-state index in [0.29, 0.717) is 18.7 Å². The number of quaternary nitrogens is 1. The SMILES string of the molecule is COc1ccc(C(=O)C2CC[NH+](CC(=O)NCc3ccc(F)cc3)CC2)cc1. The summed E-state index contributed by atoms with van der Waals surface area (Å²) in [5, 5.41) is 2.88. The van der Waals surface area contributed by atoms with Gasteiger partial charge < -0.3 is 15.0 Å². The molecular formula is C22H26FN2O3+. The molecule has 1 heterocycles. The molecule has 148 valence electrons. The van der Waals surface area contributed by atoms with Crippen LogP contribution in [0.15, 0.2) is 48.5 Å². The molecule has 28 heavy (non-hydrogen) atoms. The van der Waals surface area contributed by atoms with Gasteiger partial charge in [-0.2, -0.15) is 0 Å². The molecule has 0 atom stereocenters. The molecule has 0 radical (unpaired) electrons. The molecule has 2 aromatic rings. The number of carbonyl (C=O) groups excluding carboxylic acids is 2. The van der Waals surface area contributed by atoms with Crippen LogP contribution in [0.2, 0.25) is 0 Å². The third kappa shape index (κ3) is 5.39. The van der Waals surface area contributed by atoms with Gasteiger partial charge in [0.15, 0.2) is 12.3 Å². The van der Waals surface area contributed by atoms with Crippen molar-refractivity contribution in [3.63, 3.8) is 0 Å². The smallest absolute Gasteiger partial charge is 0.275 e. The Labute approximate surface area is 164 Å². The number of carbonyl (C=O) groups is 2. The molecule has 0 aromatic heterocycles. The van der Waals surface area contributed by atoms with Gasteiger partial charge in [0.2, 0.25) is 0 Å².